The van der Waals surface area contributed by atoms with Crippen LogP contribution < -0.4 is 5.56 Å². The lowest BCUT2D eigenvalue weighted by Gasteiger charge is -2.32. The lowest BCUT2D eigenvalue weighted by atomic mass is 9.95. The highest BCUT2D eigenvalue weighted by atomic mass is 16.5. The van der Waals surface area contributed by atoms with Gasteiger partial charge < -0.3 is 9.72 Å². The molecule has 0 saturated carbocycles. The largest absolute Gasteiger partial charge is 0.367 e. The molecule has 0 spiro atoms. The van der Waals surface area contributed by atoms with Crippen LogP contribution in [0.2, 0.25) is 0 Å². The first-order chi connectivity index (χ1) is 8.19. The highest BCUT2D eigenvalue weighted by Gasteiger charge is 2.33. The Kier molecular flexibility index (Phi) is 2.54. The van der Waals surface area contributed by atoms with Gasteiger partial charge in [0.15, 0.2) is 0 Å². The molecular formula is C13H18N2O2. The van der Waals surface area contributed by atoms with Gasteiger partial charge in [-0.15, -0.1) is 0 Å². The van der Waals surface area contributed by atoms with Crippen LogP contribution in [0.4, 0.5) is 0 Å². The van der Waals surface area contributed by atoms with Gasteiger partial charge in [0.25, 0.3) is 5.56 Å². The quantitative estimate of drug-likeness (QED) is 0.804. The van der Waals surface area contributed by atoms with Crippen molar-refractivity contribution in [3.8, 4) is 0 Å². The van der Waals surface area contributed by atoms with Crippen LogP contribution in [0.1, 0.15) is 49.7 Å². The van der Waals surface area contributed by atoms with E-state index in [2.05, 4.69) is 9.97 Å². The number of aryl methyl sites for hydroxylation is 1. The molecule has 1 unspecified atom stereocenters. The van der Waals surface area contributed by atoms with Crippen molar-refractivity contribution in [2.45, 2.75) is 51.0 Å². The van der Waals surface area contributed by atoms with Crippen LogP contribution in [-0.4, -0.2) is 16.6 Å². The number of aromatic amines is 1. The van der Waals surface area contributed by atoms with E-state index in [9.17, 15) is 4.79 Å². The summed E-state index contributed by atoms with van der Waals surface area (Å²) >= 11 is 0. The molecule has 4 heteroatoms. The Labute approximate surface area is 100 Å². The first-order valence-electron chi connectivity index (χ1n) is 6.45. The van der Waals surface area contributed by atoms with Crippen molar-refractivity contribution in [1.29, 1.82) is 0 Å². The Hall–Kier alpha value is -1.16. The standard InChI is InChI=1S/C13H18N2O2/c1-13(7-2-3-8-17-13)12-14-10-6-4-5-9(10)11(16)15-12/h2-8H2,1H3,(H,14,15,16). The molecule has 1 aromatic rings. The number of nitrogens with one attached hydrogen (secondary N) is 1. The minimum Gasteiger partial charge on any atom is -0.367 e. The number of hydrogen-bond acceptors (Lipinski definition) is 3. The zero-order valence-electron chi connectivity index (χ0n) is 10.2. The van der Waals surface area contributed by atoms with Crippen LogP contribution in [0.3, 0.4) is 0 Å². The Balaban J connectivity index is 2.03. The van der Waals surface area contributed by atoms with Crippen LogP contribution >= 0.6 is 0 Å². The van der Waals surface area contributed by atoms with E-state index in [1.165, 1.54) is 0 Å². The molecule has 4 nitrogen and oxygen atoms in total. The summed E-state index contributed by atoms with van der Waals surface area (Å²) in [6.45, 7) is 2.79. The van der Waals surface area contributed by atoms with E-state index >= 15 is 0 Å². The number of H-pyrrole nitrogens is 1. The summed E-state index contributed by atoms with van der Waals surface area (Å²) in [5.74, 6) is 0.725. The summed E-state index contributed by atoms with van der Waals surface area (Å²) < 4.78 is 5.83. The van der Waals surface area contributed by atoms with E-state index in [0.717, 1.165) is 62.2 Å². The molecule has 1 atom stereocenters. The predicted molar refractivity (Wildman–Crippen MR) is 64.0 cm³/mol. The van der Waals surface area contributed by atoms with Gasteiger partial charge in [0.1, 0.15) is 11.4 Å². The number of rotatable bonds is 1. The number of hydrogen-bond donors (Lipinski definition) is 1. The minimum atomic E-state index is -0.394. The zero-order valence-corrected chi connectivity index (χ0v) is 10.2. The van der Waals surface area contributed by atoms with Gasteiger partial charge in [-0.3, -0.25) is 4.79 Å². The topological polar surface area (TPSA) is 55.0 Å². The van der Waals surface area contributed by atoms with Crippen LogP contribution in [0, 0.1) is 0 Å². The molecule has 1 fully saturated rings. The van der Waals surface area contributed by atoms with E-state index in [1.54, 1.807) is 0 Å². The van der Waals surface area contributed by atoms with Gasteiger partial charge in [0.2, 0.25) is 0 Å². The van der Waals surface area contributed by atoms with Crippen LogP contribution in [-0.2, 0) is 23.2 Å². The van der Waals surface area contributed by atoms with Gasteiger partial charge in [-0.25, -0.2) is 4.98 Å². The molecule has 1 aliphatic carbocycles. The molecule has 1 N–H and O–H groups in total. The Morgan fingerprint density at radius 1 is 1.29 bits per heavy atom. The van der Waals surface area contributed by atoms with Crippen molar-refractivity contribution >= 4 is 0 Å². The average molecular weight is 234 g/mol. The lowest BCUT2D eigenvalue weighted by Crippen LogP contribution is -2.35. The number of fused-ring (bicyclic) bond motifs is 1. The second-order valence-electron chi connectivity index (χ2n) is 5.23. The van der Waals surface area contributed by atoms with Crippen molar-refractivity contribution < 1.29 is 4.74 Å². The highest BCUT2D eigenvalue weighted by molar-refractivity contribution is 5.24. The van der Waals surface area contributed by atoms with Crippen molar-refractivity contribution in [3.63, 3.8) is 0 Å². The summed E-state index contributed by atoms with van der Waals surface area (Å²) in [7, 11) is 0. The number of ether oxygens (including phenoxy) is 1. The number of aromatic nitrogens is 2. The molecule has 1 aromatic heterocycles. The maximum atomic E-state index is 12.0. The molecule has 1 saturated heterocycles. The summed E-state index contributed by atoms with van der Waals surface area (Å²) in [6.07, 6.45) is 6.03. The summed E-state index contributed by atoms with van der Waals surface area (Å²) in [4.78, 5) is 19.5. The molecule has 3 rings (SSSR count). The third kappa shape index (κ3) is 1.80. The molecule has 0 radical (unpaired) electrons. The third-order valence-electron chi connectivity index (χ3n) is 3.91. The molecule has 92 valence electrons. The molecular weight excluding hydrogens is 216 g/mol. The van der Waals surface area contributed by atoms with Crippen molar-refractivity contribution in [2.75, 3.05) is 6.61 Å². The van der Waals surface area contributed by atoms with Gasteiger partial charge in [-0.2, -0.15) is 0 Å². The van der Waals surface area contributed by atoms with Gasteiger partial charge >= 0.3 is 0 Å². The normalized spacial score (nSPS) is 28.1. The molecule has 0 bridgehead atoms. The summed E-state index contributed by atoms with van der Waals surface area (Å²) in [5, 5.41) is 0. The Morgan fingerprint density at radius 2 is 2.18 bits per heavy atom. The lowest BCUT2D eigenvalue weighted by molar-refractivity contribution is -0.0763. The molecule has 2 heterocycles. The van der Waals surface area contributed by atoms with E-state index < -0.39 is 5.60 Å². The molecule has 0 aromatic carbocycles. The summed E-state index contributed by atoms with van der Waals surface area (Å²) in [6, 6.07) is 0. The van der Waals surface area contributed by atoms with Crippen LogP contribution in [0.25, 0.3) is 0 Å². The monoisotopic (exact) mass is 234 g/mol. The van der Waals surface area contributed by atoms with Crippen LogP contribution in [0.5, 0.6) is 0 Å². The smallest absolute Gasteiger partial charge is 0.254 e. The maximum Gasteiger partial charge on any atom is 0.254 e. The SMILES string of the molecule is CC1(c2nc3c(c(=O)[nH]2)CCC3)CCCCO1. The molecule has 2 aliphatic rings. The van der Waals surface area contributed by atoms with Gasteiger partial charge in [-0.1, -0.05) is 0 Å². The fourth-order valence-electron chi connectivity index (χ4n) is 2.81. The first-order valence-corrected chi connectivity index (χ1v) is 6.45. The van der Waals surface area contributed by atoms with Gasteiger partial charge in [0.05, 0.1) is 5.69 Å². The molecule has 0 amide bonds. The third-order valence-corrected chi connectivity index (χ3v) is 3.91. The van der Waals surface area contributed by atoms with Crippen molar-refractivity contribution in [3.05, 3.63) is 27.4 Å². The second-order valence-corrected chi connectivity index (χ2v) is 5.23. The fourth-order valence-corrected chi connectivity index (χ4v) is 2.81. The van der Waals surface area contributed by atoms with E-state index in [0.29, 0.717) is 0 Å². The van der Waals surface area contributed by atoms with Crippen LogP contribution in [0.15, 0.2) is 4.79 Å². The fraction of sp³-hybridized carbons (Fsp3) is 0.692. The van der Waals surface area contributed by atoms with E-state index in [1.807, 2.05) is 6.92 Å². The van der Waals surface area contributed by atoms with Crippen molar-refractivity contribution in [1.82, 2.24) is 9.97 Å². The van der Waals surface area contributed by atoms with E-state index in [-0.39, 0.29) is 5.56 Å². The predicted octanol–water partition coefficient (Wildman–Crippen LogP) is 1.67. The highest BCUT2D eigenvalue weighted by Crippen LogP contribution is 2.32. The summed E-state index contributed by atoms with van der Waals surface area (Å²) in [5.41, 5.74) is 1.51. The zero-order chi connectivity index (χ0) is 11.9. The number of nitrogens with zero attached hydrogens (tertiary/aromatic N) is 1. The maximum absolute atomic E-state index is 12.0. The second kappa shape index (κ2) is 3.95. The van der Waals surface area contributed by atoms with Gasteiger partial charge in [-0.05, 0) is 45.4 Å². The Morgan fingerprint density at radius 3 is 2.94 bits per heavy atom. The average Bonchev–Trinajstić information content (AvgIpc) is 2.78. The van der Waals surface area contributed by atoms with Crippen molar-refractivity contribution in [2.24, 2.45) is 0 Å². The first kappa shape index (κ1) is 11.0. The van der Waals surface area contributed by atoms with E-state index in [4.69, 9.17) is 4.74 Å². The molecule has 1 aliphatic heterocycles. The Bertz CT molecular complexity index is 487. The minimum absolute atomic E-state index is 0.0397. The molecule has 17 heavy (non-hydrogen) atoms. The van der Waals surface area contributed by atoms with Gasteiger partial charge in [0, 0.05) is 12.2 Å².